The standard InChI is InChI=1S/C10H12Cl2N2OS/c11-8-2-1-7(5-9(8)12)14-10(15)6-16-4-3-13/h1-2,5H,3-4,6,13H2,(H,14,15). The Labute approximate surface area is 109 Å². The lowest BCUT2D eigenvalue weighted by atomic mass is 10.3. The molecule has 0 fully saturated rings. The second-order valence-corrected chi connectivity index (χ2v) is 4.94. The lowest BCUT2D eigenvalue weighted by molar-refractivity contribution is -0.113. The Kier molecular flexibility index (Phi) is 5.98. The van der Waals surface area contributed by atoms with E-state index in [9.17, 15) is 4.79 Å². The summed E-state index contributed by atoms with van der Waals surface area (Å²) in [5.41, 5.74) is 5.97. The van der Waals surface area contributed by atoms with E-state index in [2.05, 4.69) is 5.32 Å². The third-order valence-corrected chi connectivity index (χ3v) is 3.43. The van der Waals surface area contributed by atoms with E-state index >= 15 is 0 Å². The highest BCUT2D eigenvalue weighted by Crippen LogP contribution is 2.24. The molecule has 3 N–H and O–H groups in total. The number of thioether (sulfide) groups is 1. The van der Waals surface area contributed by atoms with Crippen molar-refractivity contribution in [2.24, 2.45) is 5.73 Å². The Balaban J connectivity index is 2.46. The van der Waals surface area contributed by atoms with Crippen molar-refractivity contribution < 1.29 is 4.79 Å². The monoisotopic (exact) mass is 278 g/mol. The molecular formula is C10H12Cl2N2OS. The van der Waals surface area contributed by atoms with Gasteiger partial charge in [-0.25, -0.2) is 0 Å². The van der Waals surface area contributed by atoms with E-state index in [0.717, 1.165) is 5.75 Å². The van der Waals surface area contributed by atoms with Crippen LogP contribution in [0.15, 0.2) is 18.2 Å². The quantitative estimate of drug-likeness (QED) is 0.815. The summed E-state index contributed by atoms with van der Waals surface area (Å²) in [5.74, 6) is 1.09. The van der Waals surface area contributed by atoms with Gasteiger partial charge in [0.25, 0.3) is 0 Å². The summed E-state index contributed by atoms with van der Waals surface area (Å²) in [6.07, 6.45) is 0. The topological polar surface area (TPSA) is 55.1 Å². The molecule has 0 bridgehead atoms. The van der Waals surface area contributed by atoms with Crippen LogP contribution in [0.5, 0.6) is 0 Å². The molecule has 1 aromatic carbocycles. The van der Waals surface area contributed by atoms with Gasteiger partial charge in [0.1, 0.15) is 0 Å². The molecule has 0 aliphatic rings. The average Bonchev–Trinajstić information content (AvgIpc) is 2.24. The highest BCUT2D eigenvalue weighted by Gasteiger charge is 2.04. The lowest BCUT2D eigenvalue weighted by Gasteiger charge is -2.05. The van der Waals surface area contributed by atoms with Gasteiger partial charge in [0.15, 0.2) is 0 Å². The van der Waals surface area contributed by atoms with Gasteiger partial charge in [0.2, 0.25) is 5.91 Å². The fourth-order valence-electron chi connectivity index (χ4n) is 1.02. The molecule has 0 aliphatic carbocycles. The first-order valence-corrected chi connectivity index (χ1v) is 6.57. The van der Waals surface area contributed by atoms with Gasteiger partial charge in [-0.3, -0.25) is 4.79 Å². The maximum Gasteiger partial charge on any atom is 0.234 e. The number of hydrogen-bond donors (Lipinski definition) is 2. The van der Waals surface area contributed by atoms with Crippen molar-refractivity contribution in [3.05, 3.63) is 28.2 Å². The van der Waals surface area contributed by atoms with E-state index in [1.165, 1.54) is 11.8 Å². The Morgan fingerprint density at radius 3 is 2.75 bits per heavy atom. The molecule has 0 saturated carbocycles. The molecular weight excluding hydrogens is 267 g/mol. The van der Waals surface area contributed by atoms with E-state index in [1.807, 2.05) is 0 Å². The largest absolute Gasteiger partial charge is 0.330 e. The van der Waals surface area contributed by atoms with Crippen molar-refractivity contribution in [1.82, 2.24) is 0 Å². The normalized spacial score (nSPS) is 10.2. The molecule has 0 unspecified atom stereocenters. The first kappa shape index (κ1) is 13.6. The highest BCUT2D eigenvalue weighted by atomic mass is 35.5. The molecule has 0 radical (unpaired) electrons. The van der Waals surface area contributed by atoms with Crippen LogP contribution >= 0.6 is 35.0 Å². The van der Waals surface area contributed by atoms with Crippen LogP contribution in [0.1, 0.15) is 0 Å². The second kappa shape index (κ2) is 7.01. The SMILES string of the molecule is NCCSCC(=O)Nc1ccc(Cl)c(Cl)c1. The summed E-state index contributed by atoms with van der Waals surface area (Å²) in [5, 5.41) is 3.62. The van der Waals surface area contributed by atoms with Gasteiger partial charge in [-0.1, -0.05) is 23.2 Å². The number of nitrogens with one attached hydrogen (secondary N) is 1. The minimum atomic E-state index is -0.0724. The Bertz CT molecular complexity index is 374. The van der Waals surface area contributed by atoms with Gasteiger partial charge in [-0.2, -0.15) is 11.8 Å². The number of rotatable bonds is 5. The van der Waals surface area contributed by atoms with E-state index in [4.69, 9.17) is 28.9 Å². The first-order valence-electron chi connectivity index (χ1n) is 4.66. The van der Waals surface area contributed by atoms with Crippen LogP contribution in [0.2, 0.25) is 10.0 Å². The number of anilines is 1. The van der Waals surface area contributed by atoms with Crippen molar-refractivity contribution in [2.45, 2.75) is 0 Å². The smallest absolute Gasteiger partial charge is 0.234 e. The van der Waals surface area contributed by atoms with Crippen molar-refractivity contribution in [1.29, 1.82) is 0 Å². The lowest BCUT2D eigenvalue weighted by Crippen LogP contribution is -2.15. The van der Waals surface area contributed by atoms with Crippen LogP contribution in [0.3, 0.4) is 0 Å². The van der Waals surface area contributed by atoms with E-state index in [-0.39, 0.29) is 5.91 Å². The van der Waals surface area contributed by atoms with Gasteiger partial charge < -0.3 is 11.1 Å². The number of carbonyl (C=O) groups excluding carboxylic acids is 1. The zero-order valence-corrected chi connectivity index (χ0v) is 10.8. The number of hydrogen-bond acceptors (Lipinski definition) is 3. The van der Waals surface area contributed by atoms with Gasteiger partial charge in [-0.05, 0) is 18.2 Å². The molecule has 3 nitrogen and oxygen atoms in total. The van der Waals surface area contributed by atoms with Crippen LogP contribution < -0.4 is 11.1 Å². The van der Waals surface area contributed by atoms with Crippen LogP contribution in [0.25, 0.3) is 0 Å². The van der Waals surface area contributed by atoms with Crippen LogP contribution in [-0.2, 0) is 4.79 Å². The number of amides is 1. The predicted octanol–water partition coefficient (Wildman–Crippen LogP) is 2.62. The molecule has 0 saturated heterocycles. The van der Waals surface area contributed by atoms with Crippen molar-refractivity contribution in [3.8, 4) is 0 Å². The molecule has 0 aromatic heterocycles. The summed E-state index contributed by atoms with van der Waals surface area (Å²) in [6.45, 7) is 0.574. The molecule has 0 spiro atoms. The van der Waals surface area contributed by atoms with Crippen molar-refractivity contribution in [3.63, 3.8) is 0 Å². The molecule has 1 rings (SSSR count). The molecule has 6 heteroatoms. The Hall–Kier alpha value is -0.420. The molecule has 16 heavy (non-hydrogen) atoms. The first-order chi connectivity index (χ1) is 7.63. The maximum absolute atomic E-state index is 11.4. The Morgan fingerprint density at radius 2 is 2.12 bits per heavy atom. The molecule has 1 amide bonds. The van der Waals surface area contributed by atoms with Gasteiger partial charge >= 0.3 is 0 Å². The minimum Gasteiger partial charge on any atom is -0.330 e. The summed E-state index contributed by atoms with van der Waals surface area (Å²) in [7, 11) is 0. The maximum atomic E-state index is 11.4. The number of nitrogens with two attached hydrogens (primary N) is 1. The number of carbonyl (C=O) groups is 1. The summed E-state index contributed by atoms with van der Waals surface area (Å²) >= 11 is 13.1. The van der Waals surface area contributed by atoms with Gasteiger partial charge in [0.05, 0.1) is 15.8 Å². The second-order valence-electron chi connectivity index (χ2n) is 3.02. The molecule has 0 aliphatic heterocycles. The zero-order chi connectivity index (χ0) is 12.0. The Morgan fingerprint density at radius 1 is 1.38 bits per heavy atom. The fraction of sp³-hybridized carbons (Fsp3) is 0.300. The average molecular weight is 279 g/mol. The van der Waals surface area contributed by atoms with Gasteiger partial charge in [0, 0.05) is 18.0 Å². The third kappa shape index (κ3) is 4.61. The highest BCUT2D eigenvalue weighted by molar-refractivity contribution is 7.99. The molecule has 0 heterocycles. The van der Waals surface area contributed by atoms with E-state index in [1.54, 1.807) is 18.2 Å². The van der Waals surface area contributed by atoms with Gasteiger partial charge in [-0.15, -0.1) is 0 Å². The van der Waals surface area contributed by atoms with Crippen LogP contribution in [-0.4, -0.2) is 24.0 Å². The van der Waals surface area contributed by atoms with Crippen LogP contribution in [0, 0.1) is 0 Å². The van der Waals surface area contributed by atoms with E-state index < -0.39 is 0 Å². The minimum absolute atomic E-state index is 0.0724. The zero-order valence-electron chi connectivity index (χ0n) is 8.50. The predicted molar refractivity (Wildman–Crippen MR) is 71.5 cm³/mol. The molecule has 1 aromatic rings. The van der Waals surface area contributed by atoms with Crippen molar-refractivity contribution >= 4 is 46.6 Å². The van der Waals surface area contributed by atoms with Crippen molar-refractivity contribution in [2.75, 3.05) is 23.4 Å². The summed E-state index contributed by atoms with van der Waals surface area (Å²) < 4.78 is 0. The number of halogens is 2. The van der Waals surface area contributed by atoms with E-state index in [0.29, 0.717) is 28.0 Å². The number of benzene rings is 1. The van der Waals surface area contributed by atoms with Crippen LogP contribution in [0.4, 0.5) is 5.69 Å². The summed E-state index contributed by atoms with van der Waals surface area (Å²) in [4.78, 5) is 11.4. The fourth-order valence-corrected chi connectivity index (χ4v) is 1.89. The summed E-state index contributed by atoms with van der Waals surface area (Å²) in [6, 6.07) is 4.97. The molecule has 0 atom stereocenters. The third-order valence-electron chi connectivity index (χ3n) is 1.70. The molecule has 88 valence electrons.